The molecule has 1 radical (unpaired) electrons. The zero-order chi connectivity index (χ0) is 19.4. The first kappa shape index (κ1) is 18.7. The van der Waals surface area contributed by atoms with E-state index in [9.17, 15) is 0 Å². The second-order valence-corrected chi connectivity index (χ2v) is 6.72. The van der Waals surface area contributed by atoms with Gasteiger partial charge < -0.3 is 31.4 Å². The molecule has 0 aromatic carbocycles. The van der Waals surface area contributed by atoms with Gasteiger partial charge in [0.1, 0.15) is 10.7 Å². The molecule has 0 aliphatic heterocycles. The number of nitrogens with two attached hydrogens (primary N) is 2. The minimum atomic E-state index is 0. The molecule has 0 aliphatic carbocycles. The molecule has 5 rings (SSSR count). The van der Waals surface area contributed by atoms with Gasteiger partial charge in [-0.2, -0.15) is 0 Å². The van der Waals surface area contributed by atoms with Crippen LogP contribution in [0.15, 0.2) is 48.5 Å². The Bertz CT molecular complexity index is 1470. The van der Waals surface area contributed by atoms with Crippen molar-refractivity contribution in [3.8, 4) is 0 Å². The molecule has 147 valence electrons. The van der Waals surface area contributed by atoms with Gasteiger partial charge in [0.15, 0.2) is 0 Å². The van der Waals surface area contributed by atoms with Crippen LogP contribution in [0, 0.1) is 10.8 Å². The van der Waals surface area contributed by atoms with Crippen molar-refractivity contribution in [3.63, 3.8) is 0 Å². The zero-order valence-electron chi connectivity index (χ0n) is 15.1. The maximum absolute atomic E-state index is 8.48. The number of H-pyrrole nitrogens is 4. The third kappa shape index (κ3) is 2.92. The van der Waals surface area contributed by atoms with Gasteiger partial charge in [-0.15, -0.1) is 0 Å². The number of nitrogens with one attached hydrogen (secondary N) is 6. The Hall–Kier alpha value is -3.69. The van der Waals surface area contributed by atoms with Crippen molar-refractivity contribution in [1.29, 1.82) is 10.8 Å². The average molecular weight is 429 g/mol. The van der Waals surface area contributed by atoms with Crippen molar-refractivity contribution >= 4 is 55.5 Å². The van der Waals surface area contributed by atoms with E-state index in [1.807, 2.05) is 36.4 Å². The van der Waals surface area contributed by atoms with E-state index in [0.29, 0.717) is 55.2 Å². The molecule has 5 aromatic heterocycles. The van der Waals surface area contributed by atoms with E-state index >= 15 is 0 Å². The summed E-state index contributed by atoms with van der Waals surface area (Å²) in [5.74, 6) is 0. The second-order valence-electron chi connectivity index (χ2n) is 6.72. The molecule has 0 amide bonds. The van der Waals surface area contributed by atoms with E-state index < -0.39 is 0 Å². The molecule has 0 unspecified atom stereocenters. The minimum absolute atomic E-state index is 0. The van der Waals surface area contributed by atoms with Crippen molar-refractivity contribution < 1.29 is 16.8 Å². The molecule has 5 aromatic rings. The van der Waals surface area contributed by atoms with E-state index in [-0.39, 0.29) is 16.8 Å². The van der Waals surface area contributed by atoms with Crippen molar-refractivity contribution in [2.75, 3.05) is 11.5 Å². The van der Waals surface area contributed by atoms with Gasteiger partial charge in [-0.3, -0.25) is 10.8 Å². The Morgan fingerprint density at radius 2 is 0.655 bits per heavy atom. The summed E-state index contributed by atoms with van der Waals surface area (Å²) in [5.41, 5.74) is 19.1. The van der Waals surface area contributed by atoms with Gasteiger partial charge in [-0.1, -0.05) is 0 Å². The smallest absolute Gasteiger partial charge is 0.101 e. The summed E-state index contributed by atoms with van der Waals surface area (Å²) in [4.78, 5) is 12.8. The van der Waals surface area contributed by atoms with Crippen LogP contribution in [-0.4, -0.2) is 19.9 Å². The molecule has 10 N–H and O–H groups in total. The number of nitrogen functional groups attached to an aromatic ring is 2. The summed E-state index contributed by atoms with van der Waals surface area (Å²) in [6.07, 6.45) is 0. The van der Waals surface area contributed by atoms with Gasteiger partial charge in [0.25, 0.3) is 0 Å². The van der Waals surface area contributed by atoms with Crippen LogP contribution >= 0.6 is 0 Å². The molecular formula is C20H18CoN8. The molecule has 0 fully saturated rings. The number of aromatic amines is 4. The predicted molar refractivity (Wildman–Crippen MR) is 112 cm³/mol. The molecule has 29 heavy (non-hydrogen) atoms. The third-order valence-corrected chi connectivity index (χ3v) is 4.98. The van der Waals surface area contributed by atoms with Crippen molar-refractivity contribution in [2.24, 2.45) is 0 Å². The topological polar surface area (TPSA) is 163 Å². The number of aromatic nitrogens is 4. The van der Waals surface area contributed by atoms with Crippen molar-refractivity contribution in [2.45, 2.75) is 0 Å². The standard InChI is InChI=1S/C20H18N8.Co/c21-17-9-1-2-10(25-9)18(22)12-5-6-14(27-12)20(24)16-8-7-15(28-16)19(23)13-4-3-11(17)26-13;/h1-8,21-22,25-28H,23-24H2;. The average Bonchev–Trinajstić information content (AvgIpc) is 3.49. The SMILES string of the molecule is N=c1c2ccc([nH]2)c(N)c2ccc([nH]2)c(N)c2ccc([nH]2)c(=N)c2ccc1[nH]2.[Co]. The van der Waals surface area contributed by atoms with E-state index in [4.69, 9.17) is 22.3 Å². The van der Waals surface area contributed by atoms with Gasteiger partial charge in [-0.25, -0.2) is 0 Å². The number of hydrogen-bond donors (Lipinski definition) is 8. The molecule has 5 heterocycles. The summed E-state index contributed by atoms with van der Waals surface area (Å²) < 4.78 is 0. The van der Waals surface area contributed by atoms with Gasteiger partial charge in [0, 0.05) is 16.8 Å². The van der Waals surface area contributed by atoms with E-state index in [0.717, 1.165) is 11.0 Å². The van der Waals surface area contributed by atoms with Crippen LogP contribution in [0.1, 0.15) is 0 Å². The Kier molecular flexibility index (Phi) is 4.33. The molecule has 0 atom stereocenters. The molecular weight excluding hydrogens is 411 g/mol. The molecule has 8 bridgehead atoms. The fraction of sp³-hybridized carbons (Fsp3) is 0. The molecule has 0 saturated heterocycles. The zero-order valence-corrected chi connectivity index (χ0v) is 16.1. The summed E-state index contributed by atoms with van der Waals surface area (Å²) in [6, 6.07) is 14.6. The van der Waals surface area contributed by atoms with Crippen LogP contribution in [0.25, 0.3) is 44.1 Å². The van der Waals surface area contributed by atoms with Gasteiger partial charge in [0.2, 0.25) is 0 Å². The Balaban J connectivity index is 0.00000205. The third-order valence-electron chi connectivity index (χ3n) is 4.98. The van der Waals surface area contributed by atoms with Gasteiger partial charge in [0.05, 0.1) is 55.5 Å². The van der Waals surface area contributed by atoms with Crippen molar-refractivity contribution in [3.05, 3.63) is 59.2 Å². The normalized spacial score (nSPS) is 11.0. The summed E-state index contributed by atoms with van der Waals surface area (Å²) >= 11 is 0. The first-order chi connectivity index (χ1) is 13.5. The summed E-state index contributed by atoms with van der Waals surface area (Å²) in [5, 5.41) is 17.5. The van der Waals surface area contributed by atoms with E-state index in [1.54, 1.807) is 12.1 Å². The summed E-state index contributed by atoms with van der Waals surface area (Å²) in [6.45, 7) is 0. The van der Waals surface area contributed by atoms with Crippen molar-refractivity contribution in [1.82, 2.24) is 19.9 Å². The first-order valence-corrected chi connectivity index (χ1v) is 8.72. The van der Waals surface area contributed by atoms with Gasteiger partial charge >= 0.3 is 0 Å². The minimum Gasteiger partial charge on any atom is -0.395 e. The van der Waals surface area contributed by atoms with Crippen LogP contribution in [0.2, 0.25) is 0 Å². The first-order valence-electron chi connectivity index (χ1n) is 8.72. The number of anilines is 2. The van der Waals surface area contributed by atoms with Gasteiger partial charge in [-0.05, 0) is 48.5 Å². The maximum Gasteiger partial charge on any atom is 0.101 e. The van der Waals surface area contributed by atoms with Crippen LogP contribution in [0.5, 0.6) is 0 Å². The Labute approximate surface area is 173 Å². The molecule has 0 aliphatic rings. The number of hydrogen-bond acceptors (Lipinski definition) is 4. The Morgan fingerprint density at radius 1 is 0.448 bits per heavy atom. The largest absolute Gasteiger partial charge is 0.395 e. The van der Waals surface area contributed by atoms with Crippen LogP contribution in [0.3, 0.4) is 0 Å². The quantitative estimate of drug-likeness (QED) is 0.190. The number of fused-ring (bicyclic) bond motifs is 8. The maximum atomic E-state index is 8.48. The number of rotatable bonds is 0. The van der Waals surface area contributed by atoms with Crippen LogP contribution in [0.4, 0.5) is 11.4 Å². The summed E-state index contributed by atoms with van der Waals surface area (Å²) in [7, 11) is 0. The van der Waals surface area contributed by atoms with Crippen LogP contribution < -0.4 is 22.2 Å². The predicted octanol–water partition coefficient (Wildman–Crippen LogP) is 2.86. The molecule has 0 saturated carbocycles. The fourth-order valence-electron chi connectivity index (χ4n) is 3.37. The van der Waals surface area contributed by atoms with E-state index in [1.165, 1.54) is 0 Å². The van der Waals surface area contributed by atoms with Crippen LogP contribution in [-0.2, 0) is 16.8 Å². The van der Waals surface area contributed by atoms with E-state index in [2.05, 4.69) is 19.9 Å². The molecule has 8 nitrogen and oxygen atoms in total. The molecule has 9 heteroatoms. The fourth-order valence-corrected chi connectivity index (χ4v) is 3.37. The Morgan fingerprint density at radius 3 is 0.966 bits per heavy atom. The molecule has 0 spiro atoms. The monoisotopic (exact) mass is 429 g/mol. The second kappa shape index (κ2) is 6.73.